The third-order valence-electron chi connectivity index (χ3n) is 4.00. The summed E-state index contributed by atoms with van der Waals surface area (Å²) in [6.45, 7) is 4.31. The smallest absolute Gasteiger partial charge is 0.269 e. The lowest BCUT2D eigenvalue weighted by molar-refractivity contribution is -0.384. The van der Waals surface area contributed by atoms with Crippen molar-refractivity contribution >= 4 is 17.5 Å². The van der Waals surface area contributed by atoms with Gasteiger partial charge in [0, 0.05) is 24.9 Å². The van der Waals surface area contributed by atoms with Gasteiger partial charge in [-0.2, -0.15) is 0 Å². The molecular formula is C20H24N2O2. The molecule has 0 atom stereocenters. The molecule has 0 aliphatic heterocycles. The minimum Gasteiger partial charge on any atom is -0.388 e. The van der Waals surface area contributed by atoms with E-state index in [1.807, 2.05) is 7.05 Å². The fourth-order valence-electron chi connectivity index (χ4n) is 2.53. The summed E-state index contributed by atoms with van der Waals surface area (Å²) in [4.78, 5) is 9.96. The third-order valence-corrected chi connectivity index (χ3v) is 4.00. The molecule has 1 aliphatic carbocycles. The zero-order valence-electron chi connectivity index (χ0n) is 14.5. The van der Waals surface area contributed by atoms with Gasteiger partial charge in [-0.1, -0.05) is 36.8 Å². The van der Waals surface area contributed by atoms with Gasteiger partial charge in [0.25, 0.3) is 5.69 Å². The Hall–Kier alpha value is -2.62. The average molecular weight is 324 g/mol. The number of nitro groups is 1. The van der Waals surface area contributed by atoms with E-state index in [0.29, 0.717) is 0 Å². The Morgan fingerprint density at radius 3 is 2.29 bits per heavy atom. The SMILES string of the molecule is CCc1cccc(C)c1NC.O=[N+]([O-])c1ccc(C=C2CC2)cc1. The molecule has 4 heteroatoms. The highest BCUT2D eigenvalue weighted by Gasteiger charge is 2.10. The quantitative estimate of drug-likeness (QED) is 0.607. The van der Waals surface area contributed by atoms with Crippen LogP contribution in [0.3, 0.4) is 0 Å². The van der Waals surface area contributed by atoms with E-state index < -0.39 is 0 Å². The van der Waals surface area contributed by atoms with Crippen molar-refractivity contribution in [3.8, 4) is 0 Å². The van der Waals surface area contributed by atoms with Crippen LogP contribution in [-0.2, 0) is 6.42 Å². The highest BCUT2D eigenvalue weighted by Crippen LogP contribution is 2.30. The predicted molar refractivity (Wildman–Crippen MR) is 100 cm³/mol. The molecule has 0 saturated heterocycles. The van der Waals surface area contributed by atoms with Crippen molar-refractivity contribution < 1.29 is 4.92 Å². The van der Waals surface area contributed by atoms with Crippen LogP contribution in [0.1, 0.15) is 36.5 Å². The fourth-order valence-corrected chi connectivity index (χ4v) is 2.53. The van der Waals surface area contributed by atoms with Crippen LogP contribution in [0.15, 0.2) is 48.0 Å². The summed E-state index contributed by atoms with van der Waals surface area (Å²) in [6, 6.07) is 13.0. The van der Waals surface area contributed by atoms with Crippen LogP contribution in [0.4, 0.5) is 11.4 Å². The monoisotopic (exact) mass is 324 g/mol. The molecule has 0 unspecified atom stereocenters. The van der Waals surface area contributed by atoms with E-state index >= 15 is 0 Å². The Balaban J connectivity index is 0.000000177. The molecule has 3 rings (SSSR count). The summed E-state index contributed by atoms with van der Waals surface area (Å²) in [5.41, 5.74) is 6.64. The minimum absolute atomic E-state index is 0.151. The summed E-state index contributed by atoms with van der Waals surface area (Å²) in [5.74, 6) is 0. The van der Waals surface area contributed by atoms with E-state index in [9.17, 15) is 10.1 Å². The predicted octanol–water partition coefficient (Wildman–Crippen LogP) is 5.37. The molecule has 0 bridgehead atoms. The van der Waals surface area contributed by atoms with Crippen LogP contribution in [0.5, 0.6) is 0 Å². The maximum atomic E-state index is 10.3. The summed E-state index contributed by atoms with van der Waals surface area (Å²) < 4.78 is 0. The van der Waals surface area contributed by atoms with E-state index in [1.165, 1.54) is 47.4 Å². The van der Waals surface area contributed by atoms with E-state index in [1.54, 1.807) is 12.1 Å². The Bertz CT molecular complexity index is 728. The number of hydrogen-bond donors (Lipinski definition) is 1. The molecule has 0 radical (unpaired) electrons. The van der Waals surface area contributed by atoms with E-state index in [2.05, 4.69) is 43.4 Å². The molecular weight excluding hydrogens is 300 g/mol. The van der Waals surface area contributed by atoms with Gasteiger partial charge in [0.15, 0.2) is 0 Å². The Labute approximate surface area is 143 Å². The Morgan fingerprint density at radius 2 is 1.83 bits per heavy atom. The van der Waals surface area contributed by atoms with Gasteiger partial charge in [-0.25, -0.2) is 0 Å². The van der Waals surface area contributed by atoms with Crippen LogP contribution in [0, 0.1) is 17.0 Å². The largest absolute Gasteiger partial charge is 0.388 e. The average Bonchev–Trinajstić information content (AvgIpc) is 3.39. The fraction of sp³-hybridized carbons (Fsp3) is 0.300. The highest BCUT2D eigenvalue weighted by molar-refractivity contribution is 5.58. The topological polar surface area (TPSA) is 55.2 Å². The van der Waals surface area contributed by atoms with Gasteiger partial charge in [0.1, 0.15) is 0 Å². The molecule has 0 amide bonds. The second-order valence-electron chi connectivity index (χ2n) is 5.86. The maximum absolute atomic E-state index is 10.3. The third kappa shape index (κ3) is 4.95. The van der Waals surface area contributed by atoms with Crippen molar-refractivity contribution in [3.63, 3.8) is 0 Å². The number of aryl methyl sites for hydroxylation is 2. The summed E-state index contributed by atoms with van der Waals surface area (Å²) in [6.07, 6.45) is 5.54. The minimum atomic E-state index is -0.381. The lowest BCUT2D eigenvalue weighted by Crippen LogP contribution is -1.96. The first-order chi connectivity index (χ1) is 11.5. The zero-order chi connectivity index (χ0) is 17.5. The number of hydrogen-bond acceptors (Lipinski definition) is 3. The first-order valence-electron chi connectivity index (χ1n) is 8.25. The second kappa shape index (κ2) is 8.29. The number of rotatable bonds is 4. The van der Waals surface area contributed by atoms with Crippen LogP contribution in [0.2, 0.25) is 0 Å². The normalized spacial score (nSPS) is 12.0. The number of nitro benzene ring substituents is 1. The number of nitrogens with one attached hydrogen (secondary N) is 1. The van der Waals surface area contributed by atoms with Gasteiger partial charge in [0.2, 0.25) is 0 Å². The van der Waals surface area contributed by atoms with Gasteiger partial charge < -0.3 is 5.32 Å². The molecule has 0 aromatic heterocycles. The van der Waals surface area contributed by atoms with Crippen molar-refractivity contribution in [1.82, 2.24) is 0 Å². The second-order valence-corrected chi connectivity index (χ2v) is 5.86. The molecule has 1 fully saturated rings. The lowest BCUT2D eigenvalue weighted by Gasteiger charge is -2.09. The molecule has 4 nitrogen and oxygen atoms in total. The van der Waals surface area contributed by atoms with Gasteiger partial charge in [0.05, 0.1) is 4.92 Å². The first-order valence-corrected chi connectivity index (χ1v) is 8.25. The number of para-hydroxylation sites is 1. The number of nitrogens with zero attached hydrogens (tertiary/aromatic N) is 1. The van der Waals surface area contributed by atoms with Gasteiger partial charge in [-0.15, -0.1) is 0 Å². The zero-order valence-corrected chi connectivity index (χ0v) is 14.5. The molecule has 24 heavy (non-hydrogen) atoms. The summed E-state index contributed by atoms with van der Waals surface area (Å²) in [5, 5.41) is 13.6. The Kier molecular flexibility index (Phi) is 6.13. The molecule has 1 aliphatic rings. The molecule has 126 valence electrons. The van der Waals surface area contributed by atoms with Crippen LogP contribution >= 0.6 is 0 Å². The van der Waals surface area contributed by atoms with Crippen molar-refractivity contribution in [2.24, 2.45) is 0 Å². The standard InChI is InChI=1S/C10H9NO2.C10H15N/c12-11(13)10-5-3-9(4-6-10)7-8-1-2-8;1-4-9-7-5-6-8(2)10(9)11-3/h3-7H,1-2H2;5-7,11H,4H2,1-3H3. The highest BCUT2D eigenvalue weighted by atomic mass is 16.6. The lowest BCUT2D eigenvalue weighted by atomic mass is 10.1. The molecule has 0 heterocycles. The first kappa shape index (κ1) is 17.7. The van der Waals surface area contributed by atoms with Crippen LogP contribution in [0.25, 0.3) is 6.08 Å². The van der Waals surface area contributed by atoms with Crippen molar-refractivity contribution in [3.05, 3.63) is 74.8 Å². The van der Waals surface area contributed by atoms with Crippen molar-refractivity contribution in [1.29, 1.82) is 0 Å². The molecule has 0 spiro atoms. The number of non-ortho nitro benzene ring substituents is 1. The van der Waals surface area contributed by atoms with Gasteiger partial charge >= 0.3 is 0 Å². The molecule has 2 aromatic rings. The van der Waals surface area contributed by atoms with E-state index in [4.69, 9.17) is 0 Å². The molecule has 1 saturated carbocycles. The molecule has 1 N–H and O–H groups in total. The van der Waals surface area contributed by atoms with Gasteiger partial charge in [-0.05, 0) is 55.0 Å². The number of benzene rings is 2. The summed E-state index contributed by atoms with van der Waals surface area (Å²) >= 11 is 0. The van der Waals surface area contributed by atoms with Crippen molar-refractivity contribution in [2.45, 2.75) is 33.1 Å². The number of anilines is 1. The van der Waals surface area contributed by atoms with Crippen molar-refractivity contribution in [2.75, 3.05) is 12.4 Å². The Morgan fingerprint density at radius 1 is 1.17 bits per heavy atom. The van der Waals surface area contributed by atoms with Crippen LogP contribution < -0.4 is 5.32 Å². The summed E-state index contributed by atoms with van der Waals surface area (Å²) in [7, 11) is 1.97. The van der Waals surface area contributed by atoms with E-state index in [0.717, 1.165) is 12.0 Å². The van der Waals surface area contributed by atoms with Crippen LogP contribution in [-0.4, -0.2) is 12.0 Å². The number of allylic oxidation sites excluding steroid dienone is 1. The maximum Gasteiger partial charge on any atom is 0.269 e. The van der Waals surface area contributed by atoms with E-state index in [-0.39, 0.29) is 10.6 Å². The molecule has 2 aromatic carbocycles. The van der Waals surface area contributed by atoms with Gasteiger partial charge in [-0.3, -0.25) is 10.1 Å².